The number of amides is 1. The molecule has 0 spiro atoms. The maximum absolute atomic E-state index is 11.2. The fourth-order valence-electron chi connectivity index (χ4n) is 2.59. The minimum Gasteiger partial charge on any atom is -0.340 e. The van der Waals surface area contributed by atoms with Crippen LogP contribution in [0.1, 0.15) is 40.5 Å². The highest BCUT2D eigenvalue weighted by atomic mass is 32.2. The topological polar surface area (TPSA) is 89.9 Å². The quantitative estimate of drug-likeness (QED) is 0.622. The van der Waals surface area contributed by atoms with Crippen LogP contribution in [0.25, 0.3) is 0 Å². The van der Waals surface area contributed by atoms with Crippen LogP contribution in [0.2, 0.25) is 0 Å². The van der Waals surface area contributed by atoms with Gasteiger partial charge >= 0.3 is 5.24 Å². The molecule has 3 N–H and O–H groups in total. The molecule has 100 valence electrons. The molecule has 0 aromatic carbocycles. The summed E-state index contributed by atoms with van der Waals surface area (Å²) in [5.74, 6) is 0. The molecule has 1 aliphatic heterocycles. The highest BCUT2D eigenvalue weighted by Gasteiger charge is 2.45. The molecular weight excluding hydrogens is 244 g/mol. The number of hydroxylamine groups is 2. The minimum atomic E-state index is -2.50. The highest BCUT2D eigenvalue weighted by Crippen LogP contribution is 2.36. The normalized spacial score (nSPS) is 26.5. The molecule has 1 atom stereocenters. The monoisotopic (exact) mass is 264 g/mol. The molecule has 0 bridgehead atoms. The van der Waals surface area contributed by atoms with E-state index < -0.39 is 27.4 Å². The molecule has 0 radical (unpaired) electrons. The Hall–Kier alpha value is -0.500. The van der Waals surface area contributed by atoms with E-state index in [0.717, 1.165) is 0 Å². The molecule has 17 heavy (non-hydrogen) atoms. The number of nitrogens with one attached hydrogen (secondary N) is 1. The van der Waals surface area contributed by atoms with E-state index in [1.54, 1.807) is 0 Å². The number of carbonyl (C=O) groups is 1. The smallest absolute Gasteiger partial charge is 0.336 e. The lowest BCUT2D eigenvalue weighted by molar-refractivity contribution is -0.245. The fraction of sp³-hybridized carbons (Fsp3) is 0.900. The molecule has 0 aromatic rings. The molecule has 0 aromatic heterocycles. The van der Waals surface area contributed by atoms with Gasteiger partial charge in [-0.1, -0.05) is 0 Å². The lowest BCUT2D eigenvalue weighted by Gasteiger charge is -2.51. The van der Waals surface area contributed by atoms with Gasteiger partial charge in [0.05, 0.1) is 0 Å². The van der Waals surface area contributed by atoms with E-state index in [-0.39, 0.29) is 6.04 Å². The van der Waals surface area contributed by atoms with Crippen molar-refractivity contribution in [3.8, 4) is 0 Å². The summed E-state index contributed by atoms with van der Waals surface area (Å²) in [6.45, 7) is 7.46. The van der Waals surface area contributed by atoms with Crippen LogP contribution in [-0.4, -0.2) is 41.4 Å². The number of hydrogen-bond acceptors (Lipinski definition) is 4. The molecule has 1 heterocycles. The summed E-state index contributed by atoms with van der Waals surface area (Å²) in [6.07, 6.45) is 1.05. The second-order valence-corrected chi connectivity index (χ2v) is 6.59. The Labute approximate surface area is 104 Å². The zero-order chi connectivity index (χ0) is 13.4. The van der Waals surface area contributed by atoms with Crippen LogP contribution in [0, 0.1) is 0 Å². The first-order valence-electron chi connectivity index (χ1n) is 5.47. The molecule has 0 aliphatic carbocycles. The standard InChI is InChI=1S/C10H20N2O4S/c1-9(2)5-7(11-8(13)17(15)16)6-10(3,4)12(9)14/h7,14H,5-6H2,1-4H3,(H,11,13)(H,15,16). The summed E-state index contributed by atoms with van der Waals surface area (Å²) < 4.78 is 19.3. The van der Waals surface area contributed by atoms with Crippen molar-refractivity contribution in [2.24, 2.45) is 0 Å². The van der Waals surface area contributed by atoms with E-state index in [4.69, 9.17) is 4.55 Å². The van der Waals surface area contributed by atoms with Crippen molar-refractivity contribution >= 4 is 16.3 Å². The van der Waals surface area contributed by atoms with Crippen molar-refractivity contribution in [3.05, 3.63) is 0 Å². The number of hydrogen-bond donors (Lipinski definition) is 3. The van der Waals surface area contributed by atoms with Gasteiger partial charge in [-0.05, 0) is 40.5 Å². The Morgan fingerprint density at radius 1 is 1.29 bits per heavy atom. The van der Waals surface area contributed by atoms with Crippen molar-refractivity contribution in [2.75, 3.05) is 0 Å². The Morgan fingerprint density at radius 3 is 2.06 bits per heavy atom. The summed E-state index contributed by atoms with van der Waals surface area (Å²) in [5, 5.41) is 13.0. The molecule has 1 saturated heterocycles. The number of nitrogens with zero attached hydrogens (tertiary/aromatic N) is 1. The SMILES string of the molecule is CC1(C)CC(NC(=O)S(=O)O)CC(C)(C)N1O. The Bertz CT molecular complexity index is 325. The van der Waals surface area contributed by atoms with Crippen LogP contribution in [0.5, 0.6) is 0 Å². The summed E-state index contributed by atoms with van der Waals surface area (Å²) in [5.41, 5.74) is -0.979. The van der Waals surface area contributed by atoms with Crippen LogP contribution in [0.3, 0.4) is 0 Å². The average molecular weight is 264 g/mol. The molecular formula is C10H20N2O4S. The van der Waals surface area contributed by atoms with Crippen molar-refractivity contribution < 1.29 is 18.8 Å². The van der Waals surface area contributed by atoms with Crippen LogP contribution in [0.4, 0.5) is 4.79 Å². The lowest BCUT2D eigenvalue weighted by Crippen LogP contribution is -2.63. The van der Waals surface area contributed by atoms with E-state index in [9.17, 15) is 14.2 Å². The summed E-state index contributed by atoms with van der Waals surface area (Å²) >= 11 is -2.50. The average Bonchev–Trinajstić information content (AvgIpc) is 2.12. The molecule has 1 amide bonds. The van der Waals surface area contributed by atoms with Gasteiger partial charge in [0.2, 0.25) is 11.1 Å². The summed E-state index contributed by atoms with van der Waals surface area (Å²) in [6, 6.07) is -0.216. The summed E-state index contributed by atoms with van der Waals surface area (Å²) in [7, 11) is 0. The van der Waals surface area contributed by atoms with Crippen LogP contribution >= 0.6 is 0 Å². The van der Waals surface area contributed by atoms with Gasteiger partial charge in [0.15, 0.2) is 0 Å². The van der Waals surface area contributed by atoms with E-state index in [1.807, 2.05) is 27.7 Å². The van der Waals surface area contributed by atoms with Gasteiger partial charge in [-0.3, -0.25) is 9.35 Å². The predicted molar refractivity (Wildman–Crippen MR) is 64.1 cm³/mol. The molecule has 7 heteroatoms. The second-order valence-electron chi connectivity index (χ2n) is 5.72. The largest absolute Gasteiger partial charge is 0.340 e. The van der Waals surface area contributed by atoms with Crippen LogP contribution < -0.4 is 5.32 Å². The number of rotatable bonds is 1. The first kappa shape index (κ1) is 14.6. The fourth-order valence-corrected chi connectivity index (χ4v) is 2.86. The van der Waals surface area contributed by atoms with E-state index in [2.05, 4.69) is 5.32 Å². The number of carbonyl (C=O) groups excluding carboxylic acids is 1. The molecule has 1 fully saturated rings. The zero-order valence-corrected chi connectivity index (χ0v) is 11.4. The minimum absolute atomic E-state index is 0.216. The van der Waals surface area contributed by atoms with Crippen molar-refractivity contribution in [2.45, 2.75) is 57.7 Å². The lowest BCUT2D eigenvalue weighted by atomic mass is 9.79. The van der Waals surface area contributed by atoms with Gasteiger partial charge in [0.25, 0.3) is 0 Å². The molecule has 0 saturated carbocycles. The second kappa shape index (κ2) is 4.64. The third-order valence-electron chi connectivity index (χ3n) is 3.12. The van der Waals surface area contributed by atoms with Crippen molar-refractivity contribution in [3.63, 3.8) is 0 Å². The van der Waals surface area contributed by atoms with Gasteiger partial charge in [-0.2, -0.15) is 5.06 Å². The first-order chi connectivity index (χ1) is 7.56. The van der Waals surface area contributed by atoms with E-state index >= 15 is 0 Å². The third kappa shape index (κ3) is 3.25. The van der Waals surface area contributed by atoms with Gasteiger partial charge in [-0.25, -0.2) is 4.21 Å². The first-order valence-corrected chi connectivity index (χ1v) is 6.57. The molecule has 1 rings (SSSR count). The third-order valence-corrected chi connectivity index (χ3v) is 3.55. The zero-order valence-electron chi connectivity index (χ0n) is 10.6. The van der Waals surface area contributed by atoms with Crippen LogP contribution in [-0.2, 0) is 11.1 Å². The molecule has 1 aliphatic rings. The maximum Gasteiger partial charge on any atom is 0.336 e. The predicted octanol–water partition coefficient (Wildman–Crippen LogP) is 1.33. The van der Waals surface area contributed by atoms with Crippen LogP contribution in [0.15, 0.2) is 0 Å². The van der Waals surface area contributed by atoms with Gasteiger partial charge < -0.3 is 10.5 Å². The van der Waals surface area contributed by atoms with E-state index in [1.165, 1.54) is 5.06 Å². The Kier molecular flexibility index (Phi) is 3.97. The van der Waals surface area contributed by atoms with Crippen molar-refractivity contribution in [1.29, 1.82) is 0 Å². The summed E-state index contributed by atoms with van der Waals surface area (Å²) in [4.78, 5) is 11.2. The maximum atomic E-state index is 11.2. The molecule has 6 nitrogen and oxygen atoms in total. The van der Waals surface area contributed by atoms with Gasteiger partial charge in [0, 0.05) is 17.1 Å². The Morgan fingerprint density at radius 2 is 1.71 bits per heavy atom. The van der Waals surface area contributed by atoms with Crippen molar-refractivity contribution in [1.82, 2.24) is 10.4 Å². The Balaban J connectivity index is 2.78. The van der Waals surface area contributed by atoms with Gasteiger partial charge in [-0.15, -0.1) is 0 Å². The molecule has 1 unspecified atom stereocenters. The van der Waals surface area contributed by atoms with Gasteiger partial charge in [0.1, 0.15) is 0 Å². The van der Waals surface area contributed by atoms with E-state index in [0.29, 0.717) is 12.8 Å². The number of piperidine rings is 1. The highest BCUT2D eigenvalue weighted by molar-refractivity contribution is 7.95.